The number of carbonyl (C=O) groups is 1. The molecule has 104 valence electrons. The maximum absolute atomic E-state index is 12.6. The molecule has 1 fully saturated rings. The van der Waals surface area contributed by atoms with Crippen molar-refractivity contribution in [3.63, 3.8) is 0 Å². The Kier molecular flexibility index (Phi) is 5.23. The third-order valence-corrected chi connectivity index (χ3v) is 3.82. The molecule has 2 rings (SSSR count). The fraction of sp³-hybridized carbons (Fsp3) is 0.533. The van der Waals surface area contributed by atoms with Gasteiger partial charge in [0.05, 0.1) is 10.6 Å². The first kappa shape index (κ1) is 14.4. The van der Waals surface area contributed by atoms with Gasteiger partial charge in [-0.25, -0.2) is 0 Å². The first-order chi connectivity index (χ1) is 9.22. The van der Waals surface area contributed by atoms with Crippen molar-refractivity contribution in [3.05, 3.63) is 34.9 Å². The first-order valence-electron chi connectivity index (χ1n) is 6.99. The number of amides is 1. The monoisotopic (exact) mass is 280 g/mol. The molecule has 3 nitrogen and oxygen atoms in total. The highest BCUT2D eigenvalue weighted by atomic mass is 35.5. The molecule has 1 aliphatic heterocycles. The summed E-state index contributed by atoms with van der Waals surface area (Å²) in [5.74, 6) is 0.0427. The van der Waals surface area contributed by atoms with Gasteiger partial charge in [-0.3, -0.25) is 4.79 Å². The van der Waals surface area contributed by atoms with Gasteiger partial charge < -0.3 is 10.2 Å². The average molecular weight is 281 g/mol. The average Bonchev–Trinajstić information content (AvgIpc) is 2.91. The van der Waals surface area contributed by atoms with E-state index in [1.807, 2.05) is 17.0 Å². The minimum atomic E-state index is 0.0427. The molecule has 1 amide bonds. The van der Waals surface area contributed by atoms with E-state index in [2.05, 4.69) is 12.2 Å². The van der Waals surface area contributed by atoms with Crippen molar-refractivity contribution in [3.8, 4) is 0 Å². The van der Waals surface area contributed by atoms with Crippen LogP contribution in [0.5, 0.6) is 0 Å². The highest BCUT2D eigenvalue weighted by molar-refractivity contribution is 6.33. The lowest BCUT2D eigenvalue weighted by molar-refractivity contribution is 0.0742. The topological polar surface area (TPSA) is 32.3 Å². The molecule has 1 aromatic carbocycles. The van der Waals surface area contributed by atoms with Crippen LogP contribution in [0.4, 0.5) is 0 Å². The normalized spacial score (nSPS) is 18.5. The summed E-state index contributed by atoms with van der Waals surface area (Å²) in [6, 6.07) is 7.71. The third kappa shape index (κ3) is 3.71. The summed E-state index contributed by atoms with van der Waals surface area (Å²) in [6.07, 6.45) is 3.31. The first-order valence-corrected chi connectivity index (χ1v) is 7.37. The van der Waals surface area contributed by atoms with E-state index in [9.17, 15) is 4.79 Å². The maximum atomic E-state index is 12.6. The van der Waals surface area contributed by atoms with Crippen LogP contribution in [0.15, 0.2) is 24.3 Å². The smallest absolute Gasteiger partial charge is 0.255 e. The van der Waals surface area contributed by atoms with Crippen LogP contribution < -0.4 is 5.32 Å². The van der Waals surface area contributed by atoms with E-state index in [0.717, 1.165) is 32.5 Å². The largest absolute Gasteiger partial charge is 0.337 e. The minimum Gasteiger partial charge on any atom is -0.337 e. The molecule has 19 heavy (non-hydrogen) atoms. The van der Waals surface area contributed by atoms with Crippen molar-refractivity contribution in [2.45, 2.75) is 32.2 Å². The molecule has 0 spiro atoms. The zero-order valence-electron chi connectivity index (χ0n) is 11.4. The Hall–Kier alpha value is -1.06. The highest BCUT2D eigenvalue weighted by Gasteiger charge is 2.22. The van der Waals surface area contributed by atoms with E-state index < -0.39 is 0 Å². The molecule has 1 atom stereocenters. The third-order valence-electron chi connectivity index (χ3n) is 3.49. The molecule has 0 saturated carbocycles. The predicted molar refractivity (Wildman–Crippen MR) is 78.7 cm³/mol. The van der Waals surface area contributed by atoms with E-state index in [1.54, 1.807) is 12.1 Å². The summed E-state index contributed by atoms with van der Waals surface area (Å²) in [7, 11) is 0. The quantitative estimate of drug-likeness (QED) is 0.899. The van der Waals surface area contributed by atoms with Gasteiger partial charge in [-0.2, -0.15) is 0 Å². The van der Waals surface area contributed by atoms with Crippen LogP contribution in [0.25, 0.3) is 0 Å². The predicted octanol–water partition coefficient (Wildman–Crippen LogP) is 2.94. The van der Waals surface area contributed by atoms with Gasteiger partial charge in [0.1, 0.15) is 0 Å². The number of rotatable bonds is 5. The molecule has 0 radical (unpaired) electrons. The highest BCUT2D eigenvalue weighted by Crippen LogP contribution is 2.18. The molecule has 1 saturated heterocycles. The number of nitrogens with zero attached hydrogens (tertiary/aromatic N) is 1. The van der Waals surface area contributed by atoms with Crippen LogP contribution >= 0.6 is 11.6 Å². The SMILES string of the molecule is CCCN(CC1CCCN1)C(=O)c1ccccc1Cl. The number of carbonyl (C=O) groups excluding carboxylic acids is 1. The number of halogens is 1. The lowest BCUT2D eigenvalue weighted by Gasteiger charge is -2.26. The summed E-state index contributed by atoms with van der Waals surface area (Å²) in [5, 5.41) is 3.97. The van der Waals surface area contributed by atoms with E-state index in [0.29, 0.717) is 16.6 Å². The Labute approximate surface area is 119 Å². The van der Waals surface area contributed by atoms with Gasteiger partial charge in [0.25, 0.3) is 5.91 Å². The Morgan fingerprint density at radius 2 is 2.26 bits per heavy atom. The fourth-order valence-electron chi connectivity index (χ4n) is 2.53. The second kappa shape index (κ2) is 6.92. The van der Waals surface area contributed by atoms with Gasteiger partial charge in [0.15, 0.2) is 0 Å². The van der Waals surface area contributed by atoms with Gasteiger partial charge in [0, 0.05) is 19.1 Å². The van der Waals surface area contributed by atoms with Crippen LogP contribution in [0, 0.1) is 0 Å². The van der Waals surface area contributed by atoms with Gasteiger partial charge >= 0.3 is 0 Å². The summed E-state index contributed by atoms with van der Waals surface area (Å²) >= 11 is 6.12. The van der Waals surface area contributed by atoms with E-state index in [1.165, 1.54) is 6.42 Å². The molecule has 0 aromatic heterocycles. The second-order valence-corrected chi connectivity index (χ2v) is 5.43. The number of hydrogen-bond donors (Lipinski definition) is 1. The maximum Gasteiger partial charge on any atom is 0.255 e. The molecule has 1 unspecified atom stereocenters. The van der Waals surface area contributed by atoms with Gasteiger partial charge in [-0.05, 0) is 37.9 Å². The lowest BCUT2D eigenvalue weighted by Crippen LogP contribution is -2.41. The van der Waals surface area contributed by atoms with Crippen molar-refractivity contribution in [2.24, 2.45) is 0 Å². The standard InChI is InChI=1S/C15H21ClN2O/c1-2-10-18(11-12-6-5-9-17-12)15(19)13-7-3-4-8-14(13)16/h3-4,7-8,12,17H,2,5-6,9-11H2,1H3. The Morgan fingerprint density at radius 1 is 1.47 bits per heavy atom. The van der Waals surface area contributed by atoms with Crippen LogP contribution in [0.2, 0.25) is 5.02 Å². The van der Waals surface area contributed by atoms with Crippen LogP contribution in [0.1, 0.15) is 36.5 Å². The number of benzene rings is 1. The lowest BCUT2D eigenvalue weighted by atomic mass is 10.1. The molecule has 0 bridgehead atoms. The summed E-state index contributed by atoms with van der Waals surface area (Å²) < 4.78 is 0. The molecule has 0 aliphatic carbocycles. The van der Waals surface area contributed by atoms with Crippen molar-refractivity contribution < 1.29 is 4.79 Å². The molecule has 1 aliphatic rings. The molecular weight excluding hydrogens is 260 g/mol. The van der Waals surface area contributed by atoms with Crippen LogP contribution in [-0.4, -0.2) is 36.5 Å². The molecule has 4 heteroatoms. The fourth-order valence-corrected chi connectivity index (χ4v) is 2.75. The Bertz CT molecular complexity index is 430. The van der Waals surface area contributed by atoms with Crippen molar-refractivity contribution in [1.29, 1.82) is 0 Å². The van der Waals surface area contributed by atoms with E-state index in [-0.39, 0.29) is 5.91 Å². The molecule has 1 heterocycles. The summed E-state index contributed by atoms with van der Waals surface area (Å²) in [4.78, 5) is 14.5. The minimum absolute atomic E-state index is 0.0427. The van der Waals surface area contributed by atoms with Crippen molar-refractivity contribution in [1.82, 2.24) is 10.2 Å². The van der Waals surface area contributed by atoms with Crippen LogP contribution in [0.3, 0.4) is 0 Å². The van der Waals surface area contributed by atoms with Crippen molar-refractivity contribution in [2.75, 3.05) is 19.6 Å². The van der Waals surface area contributed by atoms with Gasteiger partial charge in [-0.15, -0.1) is 0 Å². The zero-order valence-corrected chi connectivity index (χ0v) is 12.1. The van der Waals surface area contributed by atoms with Crippen molar-refractivity contribution >= 4 is 17.5 Å². The Morgan fingerprint density at radius 3 is 2.89 bits per heavy atom. The molecule has 1 N–H and O–H groups in total. The summed E-state index contributed by atoms with van der Waals surface area (Å²) in [5.41, 5.74) is 0.607. The molecule has 1 aromatic rings. The molecular formula is C15H21ClN2O. The Balaban J connectivity index is 2.09. The van der Waals surface area contributed by atoms with E-state index >= 15 is 0 Å². The second-order valence-electron chi connectivity index (χ2n) is 5.02. The number of nitrogens with one attached hydrogen (secondary N) is 1. The van der Waals surface area contributed by atoms with E-state index in [4.69, 9.17) is 11.6 Å². The zero-order chi connectivity index (χ0) is 13.7. The van der Waals surface area contributed by atoms with Gasteiger partial charge in [-0.1, -0.05) is 30.7 Å². The number of hydrogen-bond acceptors (Lipinski definition) is 2. The van der Waals surface area contributed by atoms with Gasteiger partial charge in [0.2, 0.25) is 0 Å². The van der Waals surface area contributed by atoms with Crippen LogP contribution in [-0.2, 0) is 0 Å². The summed E-state index contributed by atoms with van der Waals surface area (Å²) in [6.45, 7) is 4.71.